The van der Waals surface area contributed by atoms with E-state index < -0.39 is 0 Å². The fourth-order valence-corrected chi connectivity index (χ4v) is 3.19. The number of ether oxygens (including phenoxy) is 2. The maximum absolute atomic E-state index is 9.43. The van der Waals surface area contributed by atoms with E-state index in [1.807, 2.05) is 12.1 Å². The smallest absolute Gasteiger partial charge is 0.161 e. The van der Waals surface area contributed by atoms with Gasteiger partial charge in [0.15, 0.2) is 11.5 Å². The standard InChI is InChI=1S/C19H30N2O3/c1-4-13-24-18-6-5-16(14-19(18)23-3)15-21(11-12-22)17-7-9-20(2)10-8-17/h4-6,14,17,22H,1,7-13,15H2,2-3H3. The van der Waals surface area contributed by atoms with Gasteiger partial charge in [0, 0.05) is 19.1 Å². The Morgan fingerprint density at radius 1 is 1.33 bits per heavy atom. The summed E-state index contributed by atoms with van der Waals surface area (Å²) in [6, 6.07) is 6.57. The molecule has 0 spiro atoms. The molecule has 1 N–H and O–H groups in total. The van der Waals surface area contributed by atoms with E-state index in [1.165, 1.54) is 5.56 Å². The number of likely N-dealkylation sites (tertiary alicyclic amines) is 1. The zero-order valence-corrected chi connectivity index (χ0v) is 14.9. The minimum Gasteiger partial charge on any atom is -0.493 e. The largest absolute Gasteiger partial charge is 0.493 e. The normalized spacial score (nSPS) is 16.3. The minimum atomic E-state index is 0.185. The van der Waals surface area contributed by atoms with Crippen LogP contribution in [0.15, 0.2) is 30.9 Å². The number of nitrogens with zero attached hydrogens (tertiary/aromatic N) is 2. The summed E-state index contributed by atoms with van der Waals surface area (Å²) < 4.78 is 11.1. The van der Waals surface area contributed by atoms with Crippen molar-refractivity contribution in [3.05, 3.63) is 36.4 Å². The molecule has 5 nitrogen and oxygen atoms in total. The maximum atomic E-state index is 9.43. The molecule has 0 aromatic heterocycles. The first-order chi connectivity index (χ1) is 11.7. The van der Waals surface area contributed by atoms with Crippen molar-refractivity contribution in [2.75, 3.05) is 47.0 Å². The second-order valence-electron chi connectivity index (χ2n) is 6.31. The van der Waals surface area contributed by atoms with Crippen molar-refractivity contribution >= 4 is 0 Å². The highest BCUT2D eigenvalue weighted by Gasteiger charge is 2.23. The molecule has 0 saturated carbocycles. The second kappa shape index (κ2) is 9.67. The van der Waals surface area contributed by atoms with E-state index in [1.54, 1.807) is 13.2 Å². The Labute approximate surface area is 145 Å². The zero-order valence-electron chi connectivity index (χ0n) is 14.9. The molecule has 0 bridgehead atoms. The lowest BCUT2D eigenvalue weighted by molar-refractivity contribution is 0.0940. The van der Waals surface area contributed by atoms with Gasteiger partial charge in [0.05, 0.1) is 13.7 Å². The average molecular weight is 334 g/mol. The number of hydrogen-bond acceptors (Lipinski definition) is 5. The molecule has 5 heteroatoms. The molecule has 1 aromatic rings. The third-order valence-corrected chi connectivity index (χ3v) is 4.56. The maximum Gasteiger partial charge on any atom is 0.161 e. The Hall–Kier alpha value is -1.56. The van der Waals surface area contributed by atoms with Gasteiger partial charge in [0.1, 0.15) is 6.61 Å². The molecule has 1 heterocycles. The number of methoxy groups -OCH3 is 1. The van der Waals surface area contributed by atoms with Crippen molar-refractivity contribution in [3.63, 3.8) is 0 Å². The number of piperidine rings is 1. The first-order valence-electron chi connectivity index (χ1n) is 8.62. The molecular weight excluding hydrogens is 304 g/mol. The van der Waals surface area contributed by atoms with E-state index in [0.717, 1.165) is 44.0 Å². The van der Waals surface area contributed by atoms with E-state index in [0.29, 0.717) is 19.2 Å². The number of rotatable bonds is 9. The van der Waals surface area contributed by atoms with Crippen molar-refractivity contribution in [1.29, 1.82) is 0 Å². The SMILES string of the molecule is C=CCOc1ccc(CN(CCO)C2CCN(C)CC2)cc1OC. The molecule has 0 aliphatic carbocycles. The molecule has 0 amide bonds. The summed E-state index contributed by atoms with van der Waals surface area (Å²) in [5, 5.41) is 9.43. The summed E-state index contributed by atoms with van der Waals surface area (Å²) >= 11 is 0. The van der Waals surface area contributed by atoms with Crippen LogP contribution >= 0.6 is 0 Å². The van der Waals surface area contributed by atoms with Crippen molar-refractivity contribution in [1.82, 2.24) is 9.80 Å². The molecule has 0 radical (unpaired) electrons. The van der Waals surface area contributed by atoms with Crippen LogP contribution in [0.4, 0.5) is 0 Å². The predicted molar refractivity (Wildman–Crippen MR) is 96.7 cm³/mol. The Balaban J connectivity index is 2.06. The fourth-order valence-electron chi connectivity index (χ4n) is 3.19. The van der Waals surface area contributed by atoms with Crippen molar-refractivity contribution in [3.8, 4) is 11.5 Å². The highest BCUT2D eigenvalue weighted by atomic mass is 16.5. The van der Waals surface area contributed by atoms with Gasteiger partial charge >= 0.3 is 0 Å². The topological polar surface area (TPSA) is 45.2 Å². The van der Waals surface area contributed by atoms with Crippen LogP contribution < -0.4 is 9.47 Å². The van der Waals surface area contributed by atoms with Gasteiger partial charge in [-0.05, 0) is 50.7 Å². The molecule has 1 fully saturated rings. The van der Waals surface area contributed by atoms with Crippen LogP contribution in [0.1, 0.15) is 18.4 Å². The number of hydrogen-bond donors (Lipinski definition) is 1. The summed E-state index contributed by atoms with van der Waals surface area (Å²) in [5.74, 6) is 1.47. The van der Waals surface area contributed by atoms with Crippen LogP contribution in [-0.2, 0) is 6.54 Å². The Morgan fingerprint density at radius 3 is 2.71 bits per heavy atom. The molecule has 1 aromatic carbocycles. The molecule has 134 valence electrons. The molecule has 1 aliphatic rings. The van der Waals surface area contributed by atoms with E-state index in [-0.39, 0.29) is 6.61 Å². The van der Waals surface area contributed by atoms with Crippen LogP contribution in [-0.4, -0.2) is 68.0 Å². The first-order valence-corrected chi connectivity index (χ1v) is 8.62. The van der Waals surface area contributed by atoms with E-state index in [9.17, 15) is 5.11 Å². The first kappa shape index (κ1) is 18.8. The molecule has 1 saturated heterocycles. The highest BCUT2D eigenvalue weighted by Crippen LogP contribution is 2.29. The predicted octanol–water partition coefficient (Wildman–Crippen LogP) is 2.15. The lowest BCUT2D eigenvalue weighted by Crippen LogP contribution is -2.44. The number of aliphatic hydroxyl groups excluding tert-OH is 1. The van der Waals surface area contributed by atoms with Crippen LogP contribution in [0.2, 0.25) is 0 Å². The summed E-state index contributed by atoms with van der Waals surface area (Å²) in [6.07, 6.45) is 4.01. The van der Waals surface area contributed by atoms with Gasteiger partial charge in [-0.25, -0.2) is 0 Å². The second-order valence-corrected chi connectivity index (χ2v) is 6.31. The Bertz CT molecular complexity index is 513. The Kier molecular flexibility index (Phi) is 7.56. The molecule has 2 rings (SSSR count). The zero-order chi connectivity index (χ0) is 17.4. The van der Waals surface area contributed by atoms with Crippen molar-refractivity contribution in [2.45, 2.75) is 25.4 Å². The van der Waals surface area contributed by atoms with Crippen molar-refractivity contribution < 1.29 is 14.6 Å². The number of benzene rings is 1. The average Bonchev–Trinajstić information content (AvgIpc) is 2.60. The minimum absolute atomic E-state index is 0.185. The lowest BCUT2D eigenvalue weighted by atomic mass is 10.0. The van der Waals surface area contributed by atoms with E-state index in [4.69, 9.17) is 9.47 Å². The lowest BCUT2D eigenvalue weighted by Gasteiger charge is -2.37. The number of aliphatic hydroxyl groups is 1. The fraction of sp³-hybridized carbons (Fsp3) is 0.579. The molecule has 0 unspecified atom stereocenters. The molecular formula is C19H30N2O3. The van der Waals surface area contributed by atoms with Gasteiger partial charge in [-0.1, -0.05) is 18.7 Å². The van der Waals surface area contributed by atoms with Gasteiger partial charge in [-0.3, -0.25) is 4.90 Å². The quantitative estimate of drug-likeness (QED) is 0.701. The van der Waals surface area contributed by atoms with Gasteiger partial charge in [0.2, 0.25) is 0 Å². The van der Waals surface area contributed by atoms with Gasteiger partial charge in [-0.2, -0.15) is 0 Å². The van der Waals surface area contributed by atoms with Gasteiger partial charge in [-0.15, -0.1) is 0 Å². The van der Waals surface area contributed by atoms with E-state index >= 15 is 0 Å². The summed E-state index contributed by atoms with van der Waals surface area (Å²) in [7, 11) is 3.82. The summed E-state index contributed by atoms with van der Waals surface area (Å²) in [4.78, 5) is 4.74. The highest BCUT2D eigenvalue weighted by molar-refractivity contribution is 5.43. The Morgan fingerprint density at radius 2 is 2.08 bits per heavy atom. The van der Waals surface area contributed by atoms with Gasteiger partial charge < -0.3 is 19.5 Å². The molecule has 24 heavy (non-hydrogen) atoms. The molecule has 0 atom stereocenters. The van der Waals surface area contributed by atoms with Crippen molar-refractivity contribution in [2.24, 2.45) is 0 Å². The van der Waals surface area contributed by atoms with Gasteiger partial charge in [0.25, 0.3) is 0 Å². The third kappa shape index (κ3) is 5.23. The molecule has 1 aliphatic heterocycles. The van der Waals surface area contributed by atoms with Crippen LogP contribution in [0.3, 0.4) is 0 Å². The van der Waals surface area contributed by atoms with Crippen LogP contribution in [0.5, 0.6) is 11.5 Å². The van der Waals surface area contributed by atoms with Crippen LogP contribution in [0, 0.1) is 0 Å². The summed E-state index contributed by atoms with van der Waals surface area (Å²) in [5.41, 5.74) is 1.17. The van der Waals surface area contributed by atoms with E-state index in [2.05, 4.69) is 29.5 Å². The third-order valence-electron chi connectivity index (χ3n) is 4.56. The van der Waals surface area contributed by atoms with Crippen LogP contribution in [0.25, 0.3) is 0 Å². The monoisotopic (exact) mass is 334 g/mol. The summed E-state index contributed by atoms with van der Waals surface area (Å²) in [6.45, 7) is 8.05.